The number of carbonyl (C=O) groups excluding carboxylic acids is 2. The van der Waals surface area contributed by atoms with E-state index in [1.807, 2.05) is 18.2 Å². The van der Waals surface area contributed by atoms with E-state index < -0.39 is 0 Å². The van der Waals surface area contributed by atoms with Crippen LogP contribution in [0, 0.1) is 0 Å². The van der Waals surface area contributed by atoms with Crippen molar-refractivity contribution in [3.05, 3.63) is 41.5 Å². The van der Waals surface area contributed by atoms with Crippen LogP contribution in [-0.4, -0.2) is 12.1 Å². The first-order valence-electron chi connectivity index (χ1n) is 5.45. The van der Waals surface area contributed by atoms with Crippen LogP contribution in [0.5, 0.6) is 0 Å². The van der Waals surface area contributed by atoms with Gasteiger partial charge >= 0.3 is 0 Å². The first kappa shape index (κ1) is 12.4. The highest BCUT2D eigenvalue weighted by molar-refractivity contribution is 6.07. The molecular weight excluding hydrogens is 200 g/mol. The van der Waals surface area contributed by atoms with E-state index in [-0.39, 0.29) is 5.78 Å². The lowest BCUT2D eigenvalue weighted by atomic mass is 10.0. The molecule has 0 amide bonds. The lowest BCUT2D eigenvalue weighted by Gasteiger charge is -2.01. The van der Waals surface area contributed by atoms with Crippen molar-refractivity contribution in [2.75, 3.05) is 0 Å². The molecule has 16 heavy (non-hydrogen) atoms. The summed E-state index contributed by atoms with van der Waals surface area (Å²) in [5, 5.41) is 0. The minimum Gasteiger partial charge on any atom is -0.298 e. The maximum Gasteiger partial charge on any atom is 0.159 e. The number of unbranched alkanes of at least 4 members (excludes halogenated alkanes) is 1. The second kappa shape index (κ2) is 6.01. The highest BCUT2D eigenvalue weighted by atomic mass is 16.1. The Morgan fingerprint density at radius 2 is 1.75 bits per heavy atom. The standard InChI is InChI=1S/C14H16O2/c1-3-4-5-14(10-15)13-8-6-12(7-9-13)11(2)16/h5-10H,3-4H2,1-2H3/b14-5-. The van der Waals surface area contributed by atoms with Crippen LogP contribution in [0.1, 0.15) is 42.6 Å². The molecule has 0 aliphatic rings. The number of Topliss-reactive ketones (excluding diaryl/α,β-unsaturated/α-hetero) is 1. The zero-order valence-corrected chi connectivity index (χ0v) is 9.69. The molecule has 0 heterocycles. The molecule has 0 spiro atoms. The van der Waals surface area contributed by atoms with Crippen molar-refractivity contribution in [3.8, 4) is 0 Å². The number of benzene rings is 1. The van der Waals surface area contributed by atoms with E-state index in [9.17, 15) is 9.59 Å². The Bertz CT molecular complexity index is 399. The molecule has 1 aromatic rings. The molecule has 0 N–H and O–H groups in total. The molecule has 0 bridgehead atoms. The van der Waals surface area contributed by atoms with Crippen LogP contribution in [-0.2, 0) is 4.79 Å². The number of aldehydes is 1. The monoisotopic (exact) mass is 216 g/mol. The number of carbonyl (C=O) groups is 2. The van der Waals surface area contributed by atoms with Gasteiger partial charge in [-0.25, -0.2) is 0 Å². The predicted octanol–water partition coefficient (Wildman–Crippen LogP) is 3.27. The smallest absolute Gasteiger partial charge is 0.159 e. The fourth-order valence-corrected chi connectivity index (χ4v) is 1.43. The normalized spacial score (nSPS) is 11.2. The molecule has 0 aliphatic heterocycles. The maximum absolute atomic E-state index is 11.1. The van der Waals surface area contributed by atoms with E-state index in [2.05, 4.69) is 6.92 Å². The Balaban J connectivity index is 2.95. The SMILES string of the molecule is CCC/C=C(/C=O)c1ccc(C(C)=O)cc1. The van der Waals surface area contributed by atoms with E-state index in [1.165, 1.54) is 6.92 Å². The third-order valence-corrected chi connectivity index (χ3v) is 2.40. The summed E-state index contributed by atoms with van der Waals surface area (Å²) in [7, 11) is 0. The average Bonchev–Trinajstić information content (AvgIpc) is 2.30. The molecule has 0 atom stereocenters. The molecule has 2 heteroatoms. The zero-order valence-electron chi connectivity index (χ0n) is 9.69. The van der Waals surface area contributed by atoms with Gasteiger partial charge in [-0.1, -0.05) is 43.7 Å². The van der Waals surface area contributed by atoms with Gasteiger partial charge in [-0.2, -0.15) is 0 Å². The molecule has 84 valence electrons. The second-order valence-electron chi connectivity index (χ2n) is 3.70. The number of rotatable bonds is 5. The summed E-state index contributed by atoms with van der Waals surface area (Å²) in [5.74, 6) is 0.0386. The number of hydrogen-bond donors (Lipinski definition) is 0. The third-order valence-electron chi connectivity index (χ3n) is 2.40. The lowest BCUT2D eigenvalue weighted by Crippen LogP contribution is -1.93. The first-order valence-corrected chi connectivity index (χ1v) is 5.45. The van der Waals surface area contributed by atoms with Crippen molar-refractivity contribution in [3.63, 3.8) is 0 Å². The van der Waals surface area contributed by atoms with Gasteiger partial charge in [0.2, 0.25) is 0 Å². The van der Waals surface area contributed by atoms with E-state index in [0.717, 1.165) is 24.7 Å². The molecule has 1 aromatic carbocycles. The minimum absolute atomic E-state index is 0.0386. The van der Waals surface area contributed by atoms with Crippen molar-refractivity contribution >= 4 is 17.6 Å². The Kier molecular flexibility index (Phi) is 4.65. The lowest BCUT2D eigenvalue weighted by molar-refractivity contribution is -0.103. The summed E-state index contributed by atoms with van der Waals surface area (Å²) in [4.78, 5) is 22.0. The van der Waals surface area contributed by atoms with Crippen molar-refractivity contribution in [2.24, 2.45) is 0 Å². The van der Waals surface area contributed by atoms with Crippen molar-refractivity contribution in [1.29, 1.82) is 0 Å². The topological polar surface area (TPSA) is 34.1 Å². The Hall–Kier alpha value is -1.70. The molecule has 0 aromatic heterocycles. The van der Waals surface area contributed by atoms with Gasteiger partial charge in [0.1, 0.15) is 6.29 Å². The minimum atomic E-state index is 0.0386. The zero-order chi connectivity index (χ0) is 12.0. The summed E-state index contributed by atoms with van der Waals surface area (Å²) in [6.07, 6.45) is 4.69. The second-order valence-corrected chi connectivity index (χ2v) is 3.70. The summed E-state index contributed by atoms with van der Waals surface area (Å²) < 4.78 is 0. The summed E-state index contributed by atoms with van der Waals surface area (Å²) in [6.45, 7) is 3.60. The largest absolute Gasteiger partial charge is 0.298 e. The Morgan fingerprint density at radius 3 is 2.19 bits per heavy atom. The molecular formula is C14H16O2. The van der Waals surface area contributed by atoms with Crippen LogP contribution in [0.2, 0.25) is 0 Å². The molecule has 0 saturated carbocycles. The van der Waals surface area contributed by atoms with Crippen molar-refractivity contribution in [1.82, 2.24) is 0 Å². The predicted molar refractivity (Wildman–Crippen MR) is 65.4 cm³/mol. The molecule has 0 radical (unpaired) electrons. The Morgan fingerprint density at radius 1 is 1.19 bits per heavy atom. The van der Waals surface area contributed by atoms with Gasteiger partial charge in [-0.15, -0.1) is 0 Å². The van der Waals surface area contributed by atoms with Crippen LogP contribution in [0.15, 0.2) is 30.3 Å². The molecule has 0 unspecified atom stereocenters. The summed E-state index contributed by atoms with van der Waals surface area (Å²) in [5.41, 5.74) is 2.23. The maximum atomic E-state index is 11.1. The van der Waals surface area contributed by atoms with E-state index >= 15 is 0 Å². The van der Waals surface area contributed by atoms with Gasteiger partial charge in [-0.05, 0) is 18.9 Å². The van der Waals surface area contributed by atoms with Gasteiger partial charge in [-0.3, -0.25) is 9.59 Å². The molecule has 0 fully saturated rings. The van der Waals surface area contributed by atoms with Gasteiger partial charge in [0, 0.05) is 11.1 Å². The molecule has 0 saturated heterocycles. The van der Waals surface area contributed by atoms with Gasteiger partial charge < -0.3 is 0 Å². The number of ketones is 1. The van der Waals surface area contributed by atoms with E-state index in [4.69, 9.17) is 0 Å². The van der Waals surface area contributed by atoms with E-state index in [0.29, 0.717) is 11.1 Å². The van der Waals surface area contributed by atoms with Crippen molar-refractivity contribution < 1.29 is 9.59 Å². The molecule has 0 aliphatic carbocycles. The third kappa shape index (κ3) is 3.16. The molecule has 1 rings (SSSR count). The van der Waals surface area contributed by atoms with E-state index in [1.54, 1.807) is 12.1 Å². The van der Waals surface area contributed by atoms with Crippen LogP contribution in [0.4, 0.5) is 0 Å². The average molecular weight is 216 g/mol. The van der Waals surface area contributed by atoms with Crippen molar-refractivity contribution in [2.45, 2.75) is 26.7 Å². The summed E-state index contributed by atoms with van der Waals surface area (Å²) in [6, 6.07) is 7.13. The van der Waals surface area contributed by atoms with Crippen LogP contribution in [0.3, 0.4) is 0 Å². The quantitative estimate of drug-likeness (QED) is 0.430. The summed E-state index contributed by atoms with van der Waals surface area (Å²) >= 11 is 0. The fraction of sp³-hybridized carbons (Fsp3) is 0.286. The van der Waals surface area contributed by atoms with Gasteiger partial charge in [0.25, 0.3) is 0 Å². The fourth-order valence-electron chi connectivity index (χ4n) is 1.43. The van der Waals surface area contributed by atoms with Crippen LogP contribution < -0.4 is 0 Å². The van der Waals surface area contributed by atoms with Gasteiger partial charge in [0.05, 0.1) is 0 Å². The highest BCUT2D eigenvalue weighted by Crippen LogP contribution is 2.14. The van der Waals surface area contributed by atoms with Gasteiger partial charge in [0.15, 0.2) is 5.78 Å². The first-order chi connectivity index (χ1) is 7.69. The molecule has 2 nitrogen and oxygen atoms in total. The van der Waals surface area contributed by atoms with Crippen LogP contribution >= 0.6 is 0 Å². The highest BCUT2D eigenvalue weighted by Gasteiger charge is 2.02. The number of hydrogen-bond acceptors (Lipinski definition) is 2. The van der Waals surface area contributed by atoms with Crippen LogP contribution in [0.25, 0.3) is 5.57 Å². The number of allylic oxidation sites excluding steroid dienone is 2. The Labute approximate surface area is 96.0 Å².